The maximum absolute atomic E-state index is 12.4. The van der Waals surface area contributed by atoms with Gasteiger partial charge in [0.25, 0.3) is 20.2 Å². The minimum atomic E-state index is -4.60. The second-order valence-corrected chi connectivity index (χ2v) is 8.35. The summed E-state index contributed by atoms with van der Waals surface area (Å²) < 4.78 is 62.9. The van der Waals surface area contributed by atoms with Gasteiger partial charge in [-0.15, -0.1) is 0 Å². The highest BCUT2D eigenvalue weighted by Crippen LogP contribution is 2.24. The molecule has 0 saturated heterocycles. The molecule has 0 amide bonds. The molecule has 0 radical (unpaired) electrons. The third-order valence-corrected chi connectivity index (χ3v) is 4.96. The van der Waals surface area contributed by atoms with E-state index in [9.17, 15) is 21.6 Å². The molecular formula is C13H8Cl2O7S2. The molecule has 128 valence electrons. The van der Waals surface area contributed by atoms with Crippen LogP contribution in [0.5, 0.6) is 0 Å². The van der Waals surface area contributed by atoms with Crippen molar-refractivity contribution >= 4 is 49.2 Å². The van der Waals surface area contributed by atoms with E-state index in [1.165, 1.54) is 0 Å². The van der Waals surface area contributed by atoms with Gasteiger partial charge in [-0.05, 0) is 36.4 Å². The van der Waals surface area contributed by atoms with Gasteiger partial charge in [-0.25, -0.2) is 0 Å². The van der Waals surface area contributed by atoms with Gasteiger partial charge in [0.2, 0.25) is 0 Å². The van der Waals surface area contributed by atoms with Crippen LogP contribution in [0.4, 0.5) is 0 Å². The highest BCUT2D eigenvalue weighted by molar-refractivity contribution is 7.86. The average molecular weight is 411 g/mol. The lowest BCUT2D eigenvalue weighted by molar-refractivity contribution is 0.103. The van der Waals surface area contributed by atoms with Crippen molar-refractivity contribution in [1.82, 2.24) is 0 Å². The summed E-state index contributed by atoms with van der Waals surface area (Å²) in [5, 5.41) is -0.268. The third kappa shape index (κ3) is 4.32. The summed E-state index contributed by atoms with van der Waals surface area (Å²) in [5.74, 6) is -0.810. The Morgan fingerprint density at radius 2 is 1.04 bits per heavy atom. The van der Waals surface area contributed by atoms with Crippen LogP contribution in [0.1, 0.15) is 15.9 Å². The van der Waals surface area contributed by atoms with E-state index in [1.807, 2.05) is 0 Å². The maximum atomic E-state index is 12.4. The lowest BCUT2D eigenvalue weighted by Gasteiger charge is -2.07. The van der Waals surface area contributed by atoms with Gasteiger partial charge in [0.15, 0.2) is 5.78 Å². The number of hydrogen-bond donors (Lipinski definition) is 2. The molecule has 0 bridgehead atoms. The van der Waals surface area contributed by atoms with Gasteiger partial charge < -0.3 is 0 Å². The lowest BCUT2D eigenvalue weighted by Crippen LogP contribution is -2.07. The van der Waals surface area contributed by atoms with Crippen LogP contribution >= 0.6 is 23.2 Å². The average Bonchev–Trinajstić information content (AvgIpc) is 2.43. The van der Waals surface area contributed by atoms with Crippen LogP contribution in [0, 0.1) is 0 Å². The van der Waals surface area contributed by atoms with Crippen LogP contribution in [0.15, 0.2) is 46.2 Å². The fourth-order valence-electron chi connectivity index (χ4n) is 1.85. The molecule has 11 heteroatoms. The summed E-state index contributed by atoms with van der Waals surface area (Å²) in [6.07, 6.45) is 0. The van der Waals surface area contributed by atoms with Gasteiger partial charge in [0.05, 0.1) is 9.79 Å². The molecule has 0 unspecified atom stereocenters. The van der Waals surface area contributed by atoms with E-state index < -0.39 is 35.8 Å². The zero-order valence-corrected chi connectivity index (χ0v) is 14.6. The van der Waals surface area contributed by atoms with Gasteiger partial charge in [-0.2, -0.15) is 16.8 Å². The summed E-state index contributed by atoms with van der Waals surface area (Å²) in [7, 11) is -9.20. The summed E-state index contributed by atoms with van der Waals surface area (Å²) >= 11 is 11.5. The van der Waals surface area contributed by atoms with Crippen molar-refractivity contribution < 1.29 is 30.7 Å². The number of benzene rings is 2. The van der Waals surface area contributed by atoms with E-state index in [4.69, 9.17) is 32.3 Å². The molecule has 0 aromatic heterocycles. The zero-order valence-electron chi connectivity index (χ0n) is 11.5. The Kier molecular flexibility index (Phi) is 5.05. The molecule has 24 heavy (non-hydrogen) atoms. The minimum Gasteiger partial charge on any atom is -0.289 e. The predicted octanol–water partition coefficient (Wildman–Crippen LogP) is 2.72. The Morgan fingerprint density at radius 3 is 1.33 bits per heavy atom. The highest BCUT2D eigenvalue weighted by Gasteiger charge is 2.19. The molecular weight excluding hydrogens is 403 g/mol. The molecule has 0 fully saturated rings. The Bertz CT molecular complexity index is 960. The van der Waals surface area contributed by atoms with Crippen LogP contribution in [-0.4, -0.2) is 31.7 Å². The summed E-state index contributed by atoms with van der Waals surface area (Å²) in [6, 6.07) is 5.89. The Morgan fingerprint density at radius 1 is 0.708 bits per heavy atom. The van der Waals surface area contributed by atoms with Crippen molar-refractivity contribution in [2.45, 2.75) is 9.79 Å². The zero-order chi connectivity index (χ0) is 18.3. The third-order valence-electron chi connectivity index (χ3n) is 2.86. The first-order chi connectivity index (χ1) is 10.9. The fraction of sp³-hybridized carbons (Fsp3) is 0. The van der Waals surface area contributed by atoms with Crippen molar-refractivity contribution in [3.8, 4) is 0 Å². The van der Waals surface area contributed by atoms with E-state index in [-0.39, 0.29) is 21.2 Å². The van der Waals surface area contributed by atoms with Crippen LogP contribution < -0.4 is 0 Å². The van der Waals surface area contributed by atoms with Crippen molar-refractivity contribution in [1.29, 1.82) is 0 Å². The summed E-state index contributed by atoms with van der Waals surface area (Å²) in [5.41, 5.74) is -0.447. The molecule has 0 spiro atoms. The summed E-state index contributed by atoms with van der Waals surface area (Å²) in [6.45, 7) is 0. The Balaban J connectivity index is 2.62. The van der Waals surface area contributed by atoms with Crippen molar-refractivity contribution in [2.24, 2.45) is 0 Å². The van der Waals surface area contributed by atoms with Gasteiger partial charge in [0, 0.05) is 21.2 Å². The second-order valence-electron chi connectivity index (χ2n) is 4.63. The standard InChI is InChI=1S/C13H8Cl2O7S2/c14-9-1-7(3-11(5-9)23(17,18)19)13(16)8-2-10(15)6-12(4-8)24(20,21)22/h1-6H,(H,17,18,19)(H,20,21,22). The van der Waals surface area contributed by atoms with E-state index in [0.29, 0.717) is 0 Å². The molecule has 7 nitrogen and oxygen atoms in total. The van der Waals surface area contributed by atoms with Crippen LogP contribution in [-0.2, 0) is 20.2 Å². The van der Waals surface area contributed by atoms with Crippen LogP contribution in [0.3, 0.4) is 0 Å². The second kappa shape index (κ2) is 6.43. The van der Waals surface area contributed by atoms with Crippen LogP contribution in [0.2, 0.25) is 10.0 Å². The van der Waals surface area contributed by atoms with Gasteiger partial charge in [-0.3, -0.25) is 13.9 Å². The van der Waals surface area contributed by atoms with Gasteiger partial charge >= 0.3 is 0 Å². The molecule has 0 aliphatic carbocycles. The largest absolute Gasteiger partial charge is 0.294 e. The molecule has 2 N–H and O–H groups in total. The topological polar surface area (TPSA) is 126 Å². The maximum Gasteiger partial charge on any atom is 0.294 e. The first-order valence-electron chi connectivity index (χ1n) is 5.99. The monoisotopic (exact) mass is 410 g/mol. The van der Waals surface area contributed by atoms with Crippen molar-refractivity contribution in [3.05, 3.63) is 57.6 Å². The number of carbonyl (C=O) groups is 1. The van der Waals surface area contributed by atoms with Gasteiger partial charge in [0.1, 0.15) is 0 Å². The normalized spacial score (nSPS) is 12.2. The molecule has 2 rings (SSSR count). The number of halogens is 2. The predicted molar refractivity (Wildman–Crippen MR) is 86.0 cm³/mol. The van der Waals surface area contributed by atoms with E-state index >= 15 is 0 Å². The number of rotatable bonds is 4. The SMILES string of the molecule is O=C(c1cc(Cl)cc(S(=O)(=O)O)c1)c1cc(Cl)cc(S(=O)(=O)O)c1. The number of hydrogen-bond acceptors (Lipinski definition) is 5. The minimum absolute atomic E-state index is 0.134. The molecule has 0 atom stereocenters. The van der Waals surface area contributed by atoms with Crippen LogP contribution in [0.25, 0.3) is 0 Å². The fourth-order valence-corrected chi connectivity index (χ4v) is 3.56. The van der Waals surface area contributed by atoms with E-state index in [1.54, 1.807) is 0 Å². The first-order valence-corrected chi connectivity index (χ1v) is 9.62. The Hall–Kier alpha value is -1.49. The molecule has 0 saturated carbocycles. The molecule has 0 heterocycles. The molecule has 2 aromatic rings. The smallest absolute Gasteiger partial charge is 0.289 e. The number of ketones is 1. The highest BCUT2D eigenvalue weighted by atomic mass is 35.5. The number of carbonyl (C=O) groups excluding carboxylic acids is 1. The lowest BCUT2D eigenvalue weighted by atomic mass is 10.0. The molecule has 0 aliphatic rings. The quantitative estimate of drug-likeness (QED) is 0.585. The molecule has 0 aliphatic heterocycles. The van der Waals surface area contributed by atoms with Gasteiger partial charge in [-0.1, -0.05) is 23.2 Å². The first kappa shape index (κ1) is 18.8. The van der Waals surface area contributed by atoms with E-state index in [2.05, 4.69) is 0 Å². The summed E-state index contributed by atoms with van der Waals surface area (Å²) in [4.78, 5) is 11.2. The Labute approximate surface area is 147 Å². The molecule has 2 aromatic carbocycles. The van der Waals surface area contributed by atoms with Crippen molar-refractivity contribution in [3.63, 3.8) is 0 Å². The van der Waals surface area contributed by atoms with E-state index in [0.717, 1.165) is 36.4 Å². The van der Waals surface area contributed by atoms with Crippen molar-refractivity contribution in [2.75, 3.05) is 0 Å².